The number of anilines is 1. The Labute approximate surface area is 163 Å². The smallest absolute Gasteiger partial charge is 0.291 e. The lowest BCUT2D eigenvalue weighted by Gasteiger charge is -2.06. The van der Waals surface area contributed by atoms with E-state index in [1.807, 2.05) is 53.9 Å². The molecule has 4 heterocycles. The van der Waals surface area contributed by atoms with Crippen molar-refractivity contribution in [2.45, 2.75) is 0 Å². The van der Waals surface area contributed by atoms with Crippen molar-refractivity contribution in [3.8, 4) is 22.0 Å². The van der Waals surface area contributed by atoms with Gasteiger partial charge in [0.25, 0.3) is 5.91 Å². The number of thiophene rings is 1. The standard InChI is InChI=1S/C20H13N5O2S/c26-20(16-3-1-11-27-16)21-14-7-5-13(6-8-14)15-9-10-18-22-23-19(25(18)24-15)17-4-2-12-28-17/h1-12H,(H,21,26). The van der Waals surface area contributed by atoms with Crippen molar-refractivity contribution in [2.24, 2.45) is 0 Å². The molecule has 0 atom stereocenters. The summed E-state index contributed by atoms with van der Waals surface area (Å²) in [4.78, 5) is 13.1. The maximum Gasteiger partial charge on any atom is 0.291 e. The van der Waals surface area contributed by atoms with Gasteiger partial charge in [-0.15, -0.1) is 21.5 Å². The van der Waals surface area contributed by atoms with Gasteiger partial charge in [-0.05, 0) is 47.8 Å². The average Bonchev–Trinajstić information content (AvgIpc) is 3.49. The highest BCUT2D eigenvalue weighted by Crippen LogP contribution is 2.25. The molecule has 0 aliphatic rings. The van der Waals surface area contributed by atoms with Crippen LogP contribution in [-0.2, 0) is 0 Å². The summed E-state index contributed by atoms with van der Waals surface area (Å²) in [6, 6.07) is 18.5. The van der Waals surface area contributed by atoms with E-state index >= 15 is 0 Å². The minimum absolute atomic E-state index is 0.268. The largest absolute Gasteiger partial charge is 0.459 e. The van der Waals surface area contributed by atoms with Crippen molar-refractivity contribution in [2.75, 3.05) is 5.32 Å². The van der Waals surface area contributed by atoms with Crippen molar-refractivity contribution >= 4 is 28.6 Å². The highest BCUT2D eigenvalue weighted by Gasteiger charge is 2.12. The lowest BCUT2D eigenvalue weighted by atomic mass is 10.1. The van der Waals surface area contributed by atoms with Gasteiger partial charge in [0, 0.05) is 11.3 Å². The number of rotatable bonds is 4. The molecule has 5 aromatic rings. The molecule has 0 aliphatic heterocycles. The highest BCUT2D eigenvalue weighted by atomic mass is 32.1. The Balaban J connectivity index is 1.43. The molecule has 1 amide bonds. The zero-order valence-electron chi connectivity index (χ0n) is 14.4. The van der Waals surface area contributed by atoms with Crippen LogP contribution in [0.5, 0.6) is 0 Å². The predicted octanol–water partition coefficient (Wildman–Crippen LogP) is 4.37. The molecule has 0 bridgehead atoms. The second-order valence-corrected chi connectivity index (χ2v) is 6.95. The van der Waals surface area contributed by atoms with Gasteiger partial charge >= 0.3 is 0 Å². The van der Waals surface area contributed by atoms with Crippen LogP contribution >= 0.6 is 11.3 Å². The summed E-state index contributed by atoms with van der Waals surface area (Å²) in [6.45, 7) is 0. The Morgan fingerprint density at radius 1 is 1.00 bits per heavy atom. The molecule has 0 spiro atoms. The predicted molar refractivity (Wildman–Crippen MR) is 106 cm³/mol. The van der Waals surface area contributed by atoms with Gasteiger partial charge in [-0.1, -0.05) is 18.2 Å². The van der Waals surface area contributed by atoms with E-state index in [0.29, 0.717) is 17.2 Å². The molecule has 5 rings (SSSR count). The third kappa shape index (κ3) is 2.95. The number of carbonyl (C=O) groups excluding carboxylic acids is 1. The minimum Gasteiger partial charge on any atom is -0.459 e. The van der Waals surface area contributed by atoms with E-state index in [9.17, 15) is 4.79 Å². The Morgan fingerprint density at radius 2 is 1.89 bits per heavy atom. The molecule has 0 unspecified atom stereocenters. The molecule has 7 nitrogen and oxygen atoms in total. The summed E-state index contributed by atoms with van der Waals surface area (Å²) in [5.74, 6) is 0.696. The van der Waals surface area contributed by atoms with Crippen molar-refractivity contribution < 1.29 is 9.21 Å². The number of amides is 1. The summed E-state index contributed by atoms with van der Waals surface area (Å²) in [6.07, 6.45) is 1.47. The van der Waals surface area contributed by atoms with Gasteiger partial charge in [0.1, 0.15) is 0 Å². The Bertz CT molecular complexity index is 1240. The lowest BCUT2D eigenvalue weighted by Crippen LogP contribution is -2.10. The molecular weight excluding hydrogens is 374 g/mol. The van der Waals surface area contributed by atoms with Gasteiger partial charge in [0.05, 0.1) is 16.8 Å². The zero-order chi connectivity index (χ0) is 18.9. The third-order valence-electron chi connectivity index (χ3n) is 4.19. The third-order valence-corrected chi connectivity index (χ3v) is 5.05. The monoisotopic (exact) mass is 387 g/mol. The number of nitrogens with one attached hydrogen (secondary N) is 1. The van der Waals surface area contributed by atoms with Gasteiger partial charge in [-0.2, -0.15) is 9.61 Å². The number of aromatic nitrogens is 4. The number of furan rings is 1. The maximum atomic E-state index is 12.1. The number of nitrogens with zero attached hydrogens (tertiary/aromatic N) is 4. The number of benzene rings is 1. The fraction of sp³-hybridized carbons (Fsp3) is 0. The SMILES string of the molecule is O=C(Nc1ccc(-c2ccc3nnc(-c4cccs4)n3n2)cc1)c1ccco1. The van der Waals surface area contributed by atoms with E-state index in [1.54, 1.807) is 28.0 Å². The molecule has 0 aliphatic carbocycles. The van der Waals surface area contributed by atoms with Crippen LogP contribution in [0, 0.1) is 0 Å². The maximum absolute atomic E-state index is 12.1. The quantitative estimate of drug-likeness (QED) is 0.495. The van der Waals surface area contributed by atoms with Crippen molar-refractivity contribution in [3.63, 3.8) is 0 Å². The molecule has 4 aromatic heterocycles. The summed E-state index contributed by atoms with van der Waals surface area (Å²) < 4.78 is 6.84. The van der Waals surface area contributed by atoms with E-state index in [4.69, 9.17) is 4.42 Å². The summed E-state index contributed by atoms with van der Waals surface area (Å²) >= 11 is 1.59. The van der Waals surface area contributed by atoms with Gasteiger partial charge in [-0.3, -0.25) is 4.79 Å². The Morgan fingerprint density at radius 3 is 2.64 bits per heavy atom. The van der Waals surface area contributed by atoms with Crippen LogP contribution in [0.4, 0.5) is 5.69 Å². The van der Waals surface area contributed by atoms with Crippen LogP contribution in [-0.4, -0.2) is 25.7 Å². The summed E-state index contributed by atoms with van der Waals surface area (Å²) in [5, 5.41) is 17.9. The molecule has 8 heteroatoms. The first-order valence-electron chi connectivity index (χ1n) is 8.49. The van der Waals surface area contributed by atoms with Crippen LogP contribution in [0.2, 0.25) is 0 Å². The van der Waals surface area contributed by atoms with Crippen LogP contribution in [0.3, 0.4) is 0 Å². The molecule has 0 saturated carbocycles. The van der Waals surface area contributed by atoms with Crippen molar-refractivity contribution in [1.82, 2.24) is 19.8 Å². The van der Waals surface area contributed by atoms with Crippen molar-refractivity contribution in [3.05, 3.63) is 78.1 Å². The highest BCUT2D eigenvalue weighted by molar-refractivity contribution is 7.13. The second-order valence-electron chi connectivity index (χ2n) is 6.00. The molecule has 28 heavy (non-hydrogen) atoms. The molecule has 0 saturated heterocycles. The van der Waals surface area contributed by atoms with Crippen LogP contribution in [0.15, 0.2) is 76.7 Å². The first-order chi connectivity index (χ1) is 13.8. The molecule has 1 N–H and O–H groups in total. The van der Waals surface area contributed by atoms with E-state index in [0.717, 1.165) is 16.1 Å². The Kier molecular flexibility index (Phi) is 3.95. The van der Waals surface area contributed by atoms with Gasteiger partial charge in [0.15, 0.2) is 17.2 Å². The molecule has 136 valence electrons. The van der Waals surface area contributed by atoms with Gasteiger partial charge < -0.3 is 9.73 Å². The van der Waals surface area contributed by atoms with E-state index < -0.39 is 0 Å². The Hall–Kier alpha value is -3.78. The van der Waals surface area contributed by atoms with E-state index in [2.05, 4.69) is 20.6 Å². The zero-order valence-corrected chi connectivity index (χ0v) is 15.3. The molecular formula is C20H13N5O2S. The molecule has 0 fully saturated rings. The first kappa shape index (κ1) is 16.4. The van der Waals surface area contributed by atoms with Gasteiger partial charge in [0.2, 0.25) is 0 Å². The van der Waals surface area contributed by atoms with Crippen molar-refractivity contribution in [1.29, 1.82) is 0 Å². The van der Waals surface area contributed by atoms with Crippen LogP contribution in [0.25, 0.3) is 27.6 Å². The fourth-order valence-electron chi connectivity index (χ4n) is 2.83. The van der Waals surface area contributed by atoms with Crippen LogP contribution < -0.4 is 5.32 Å². The normalized spacial score (nSPS) is 11.0. The lowest BCUT2D eigenvalue weighted by molar-refractivity contribution is 0.0996. The molecule has 0 radical (unpaired) electrons. The van der Waals surface area contributed by atoms with E-state index in [-0.39, 0.29) is 11.7 Å². The number of hydrogen-bond acceptors (Lipinski definition) is 6. The first-order valence-corrected chi connectivity index (χ1v) is 9.37. The minimum atomic E-state index is -0.289. The summed E-state index contributed by atoms with van der Waals surface area (Å²) in [5.41, 5.74) is 3.07. The number of carbonyl (C=O) groups is 1. The topological polar surface area (TPSA) is 85.3 Å². The van der Waals surface area contributed by atoms with E-state index in [1.165, 1.54) is 6.26 Å². The van der Waals surface area contributed by atoms with Gasteiger partial charge in [-0.25, -0.2) is 0 Å². The average molecular weight is 387 g/mol. The number of fused-ring (bicyclic) bond motifs is 1. The van der Waals surface area contributed by atoms with Crippen LogP contribution in [0.1, 0.15) is 10.6 Å². The number of hydrogen-bond donors (Lipinski definition) is 1. The molecule has 1 aromatic carbocycles. The second kappa shape index (κ2) is 6.75. The fourth-order valence-corrected chi connectivity index (χ4v) is 3.52. The summed E-state index contributed by atoms with van der Waals surface area (Å²) in [7, 11) is 0.